The Hall–Kier alpha value is -3.73. The van der Waals surface area contributed by atoms with Gasteiger partial charge in [-0.3, -0.25) is 4.98 Å². The van der Waals surface area contributed by atoms with Gasteiger partial charge < -0.3 is 21.1 Å². The van der Waals surface area contributed by atoms with Crippen molar-refractivity contribution in [3.63, 3.8) is 0 Å². The minimum absolute atomic E-state index is 0.0704. The number of aromatic nitrogens is 3. The van der Waals surface area contributed by atoms with Crippen molar-refractivity contribution >= 4 is 17.7 Å². The molecule has 0 saturated carbocycles. The third-order valence-electron chi connectivity index (χ3n) is 5.45. The second kappa shape index (κ2) is 8.32. The van der Waals surface area contributed by atoms with Gasteiger partial charge in [0.05, 0.1) is 6.54 Å². The Morgan fingerprint density at radius 2 is 2.00 bits per heavy atom. The largest absolute Gasteiger partial charge is 0.433 e. The second-order valence-electron chi connectivity index (χ2n) is 7.98. The van der Waals surface area contributed by atoms with Gasteiger partial charge in [-0.15, -0.1) is 0 Å². The fourth-order valence-electron chi connectivity index (χ4n) is 3.80. The number of anilines is 2. The first-order chi connectivity index (χ1) is 15.5. The number of hydrogen-bond acceptors (Lipinski definition) is 6. The molecule has 1 atom stereocenters. The van der Waals surface area contributed by atoms with Crippen LogP contribution in [0.2, 0.25) is 0 Å². The third-order valence-corrected chi connectivity index (χ3v) is 5.45. The molecule has 172 valence electrons. The Morgan fingerprint density at radius 1 is 1.21 bits per heavy atom. The number of nitrogens with two attached hydrogens (primary N) is 1. The number of urea groups is 1. The molecule has 1 aliphatic heterocycles. The number of rotatable bonds is 4. The Balaban J connectivity index is 1.63. The van der Waals surface area contributed by atoms with Crippen LogP contribution in [-0.2, 0) is 11.8 Å². The van der Waals surface area contributed by atoms with Crippen LogP contribution in [0.1, 0.15) is 23.2 Å². The number of carbonyl (C=O) groups excluding carboxylic acids is 1. The minimum Gasteiger partial charge on any atom is -0.383 e. The zero-order valence-corrected chi connectivity index (χ0v) is 17.6. The normalized spacial score (nSPS) is 18.4. The summed E-state index contributed by atoms with van der Waals surface area (Å²) in [6.45, 7) is 2.25. The summed E-state index contributed by atoms with van der Waals surface area (Å²) in [4.78, 5) is 24.5. The first-order valence-corrected chi connectivity index (χ1v) is 10.1. The fraction of sp³-hybridized carbons (Fsp3) is 0.273. The first kappa shape index (κ1) is 22.5. The van der Waals surface area contributed by atoms with Crippen molar-refractivity contribution in [2.75, 3.05) is 18.4 Å². The van der Waals surface area contributed by atoms with Crippen molar-refractivity contribution in [3.05, 3.63) is 65.7 Å². The molecule has 4 N–H and O–H groups in total. The molecule has 1 aromatic carbocycles. The van der Waals surface area contributed by atoms with Gasteiger partial charge in [0.1, 0.15) is 11.3 Å². The summed E-state index contributed by atoms with van der Waals surface area (Å²) in [5.41, 5.74) is 6.31. The average molecular weight is 458 g/mol. The maximum Gasteiger partial charge on any atom is 0.433 e. The molecule has 3 aromatic rings. The van der Waals surface area contributed by atoms with Crippen molar-refractivity contribution in [1.29, 1.82) is 0 Å². The smallest absolute Gasteiger partial charge is 0.383 e. The van der Waals surface area contributed by atoms with Gasteiger partial charge in [0, 0.05) is 41.9 Å². The molecule has 33 heavy (non-hydrogen) atoms. The molecule has 2 amide bonds. The third kappa shape index (κ3) is 4.87. The number of aliphatic hydroxyl groups is 1. The van der Waals surface area contributed by atoms with E-state index in [2.05, 4.69) is 20.3 Å². The monoisotopic (exact) mass is 458 g/mol. The summed E-state index contributed by atoms with van der Waals surface area (Å²) >= 11 is 0. The van der Waals surface area contributed by atoms with Crippen LogP contribution in [0.5, 0.6) is 0 Å². The number of halogens is 3. The molecule has 1 unspecified atom stereocenters. The van der Waals surface area contributed by atoms with Gasteiger partial charge in [-0.05, 0) is 48.7 Å². The van der Waals surface area contributed by atoms with E-state index in [4.69, 9.17) is 5.73 Å². The molecular weight excluding hydrogens is 437 g/mol. The van der Waals surface area contributed by atoms with Crippen LogP contribution in [0.25, 0.3) is 11.1 Å². The highest BCUT2D eigenvalue weighted by Crippen LogP contribution is 2.34. The number of likely N-dealkylation sites (tertiary alicyclic amines) is 1. The summed E-state index contributed by atoms with van der Waals surface area (Å²) in [6, 6.07) is 7.34. The molecule has 2 aromatic heterocycles. The quantitative estimate of drug-likeness (QED) is 0.550. The lowest BCUT2D eigenvalue weighted by Crippen LogP contribution is -2.37. The predicted octanol–water partition coefficient (Wildman–Crippen LogP) is 3.58. The molecule has 4 rings (SSSR count). The number of alkyl halides is 3. The molecular formula is C22H21F3N6O2. The molecule has 1 saturated heterocycles. The molecule has 0 spiro atoms. The van der Waals surface area contributed by atoms with Crippen molar-refractivity contribution in [2.24, 2.45) is 5.73 Å². The number of β-amino-alcohol motifs (C(OH)–C–C–N with tert-alkyl or cyclic N) is 1. The zero-order valence-electron chi connectivity index (χ0n) is 17.6. The van der Waals surface area contributed by atoms with Crippen molar-refractivity contribution < 1.29 is 23.1 Å². The lowest BCUT2D eigenvalue weighted by Gasteiger charge is -2.23. The van der Waals surface area contributed by atoms with E-state index < -0.39 is 23.5 Å². The van der Waals surface area contributed by atoms with Crippen LogP contribution in [0.15, 0.2) is 48.9 Å². The standard InChI is InChI=1S/C22H21F3N6O2/c1-13-6-14(9-17(7-13)29-20-28-4-2-18(30-20)22(23,24)25)15-8-16(11-27-10-15)21(33)3-5-31(12-21)19(26)32/h2,4,6-11,33H,3,5,12H2,1H3,(H2,26,32)(H,28,29,30). The highest BCUT2D eigenvalue weighted by molar-refractivity contribution is 5.73. The molecule has 8 nitrogen and oxygen atoms in total. The number of nitrogens with zero attached hydrogens (tertiary/aromatic N) is 4. The zero-order chi connectivity index (χ0) is 23.8. The molecule has 1 aliphatic rings. The van der Waals surface area contributed by atoms with Gasteiger partial charge in [-0.2, -0.15) is 13.2 Å². The van der Waals surface area contributed by atoms with E-state index in [0.717, 1.165) is 23.4 Å². The summed E-state index contributed by atoms with van der Waals surface area (Å²) in [5.74, 6) is -0.180. The first-order valence-electron chi connectivity index (χ1n) is 10.1. The summed E-state index contributed by atoms with van der Waals surface area (Å²) < 4.78 is 38.8. The Labute approximate surface area is 187 Å². The van der Waals surface area contributed by atoms with Gasteiger partial charge in [-0.25, -0.2) is 14.8 Å². The van der Waals surface area contributed by atoms with Crippen molar-refractivity contribution in [2.45, 2.75) is 25.1 Å². The number of nitrogens with one attached hydrogen (secondary N) is 1. The molecule has 11 heteroatoms. The van der Waals surface area contributed by atoms with E-state index in [1.165, 1.54) is 4.90 Å². The van der Waals surface area contributed by atoms with Gasteiger partial charge >= 0.3 is 12.2 Å². The van der Waals surface area contributed by atoms with Gasteiger partial charge in [0.15, 0.2) is 0 Å². The van der Waals surface area contributed by atoms with E-state index in [0.29, 0.717) is 29.8 Å². The molecule has 1 fully saturated rings. The van der Waals surface area contributed by atoms with Gasteiger partial charge in [0.25, 0.3) is 0 Å². The highest BCUT2D eigenvalue weighted by Gasteiger charge is 2.39. The number of carbonyl (C=O) groups is 1. The van der Waals surface area contributed by atoms with Crippen LogP contribution in [0, 0.1) is 6.92 Å². The Bertz CT molecular complexity index is 1200. The molecule has 0 aliphatic carbocycles. The topological polar surface area (TPSA) is 117 Å². The summed E-state index contributed by atoms with van der Waals surface area (Å²) in [5, 5.41) is 13.9. The molecule has 0 bridgehead atoms. The van der Waals surface area contributed by atoms with Crippen LogP contribution >= 0.6 is 0 Å². The van der Waals surface area contributed by atoms with Crippen LogP contribution < -0.4 is 11.1 Å². The second-order valence-corrected chi connectivity index (χ2v) is 7.98. The van der Waals surface area contributed by atoms with Crippen molar-refractivity contribution in [1.82, 2.24) is 19.9 Å². The lowest BCUT2D eigenvalue weighted by molar-refractivity contribution is -0.141. The maximum absolute atomic E-state index is 12.9. The van der Waals surface area contributed by atoms with E-state index in [1.807, 2.05) is 13.0 Å². The highest BCUT2D eigenvalue weighted by atomic mass is 19.4. The maximum atomic E-state index is 12.9. The number of benzene rings is 1. The number of aryl methyl sites for hydroxylation is 1. The van der Waals surface area contributed by atoms with Gasteiger partial charge in [-0.1, -0.05) is 6.07 Å². The van der Waals surface area contributed by atoms with E-state index in [9.17, 15) is 23.1 Å². The average Bonchev–Trinajstić information content (AvgIpc) is 3.17. The van der Waals surface area contributed by atoms with E-state index in [-0.39, 0.29) is 12.5 Å². The minimum atomic E-state index is -4.58. The van der Waals surface area contributed by atoms with Gasteiger partial charge in [0.2, 0.25) is 5.95 Å². The number of primary amides is 1. The van der Waals surface area contributed by atoms with E-state index in [1.54, 1.807) is 30.6 Å². The Morgan fingerprint density at radius 3 is 2.70 bits per heavy atom. The number of amides is 2. The van der Waals surface area contributed by atoms with Crippen LogP contribution in [0.4, 0.5) is 29.6 Å². The fourth-order valence-corrected chi connectivity index (χ4v) is 3.80. The lowest BCUT2D eigenvalue weighted by atomic mass is 9.92. The molecule has 3 heterocycles. The van der Waals surface area contributed by atoms with Crippen LogP contribution in [0.3, 0.4) is 0 Å². The van der Waals surface area contributed by atoms with Crippen molar-refractivity contribution in [3.8, 4) is 11.1 Å². The van der Waals surface area contributed by atoms with E-state index >= 15 is 0 Å². The molecule has 0 radical (unpaired) electrons. The number of pyridine rings is 1. The Kier molecular flexibility index (Phi) is 5.66. The predicted molar refractivity (Wildman–Crippen MR) is 114 cm³/mol. The summed E-state index contributed by atoms with van der Waals surface area (Å²) in [6.07, 6.45) is -0.0469. The number of hydrogen-bond donors (Lipinski definition) is 3. The van der Waals surface area contributed by atoms with Crippen LogP contribution in [-0.4, -0.2) is 44.1 Å². The SMILES string of the molecule is Cc1cc(Nc2nccc(C(F)(F)F)n2)cc(-c2cncc(C3(O)CCN(C(N)=O)C3)c2)c1. The summed E-state index contributed by atoms with van der Waals surface area (Å²) in [7, 11) is 0.